The van der Waals surface area contributed by atoms with E-state index in [1.54, 1.807) is 0 Å². The van der Waals surface area contributed by atoms with Crippen molar-refractivity contribution in [1.29, 1.82) is 0 Å². The summed E-state index contributed by atoms with van der Waals surface area (Å²) in [6.07, 6.45) is 1.94. The van der Waals surface area contributed by atoms with Gasteiger partial charge in [-0.3, -0.25) is 4.79 Å². The lowest BCUT2D eigenvalue weighted by atomic mass is 9.92. The summed E-state index contributed by atoms with van der Waals surface area (Å²) in [7, 11) is 2.13. The zero-order chi connectivity index (χ0) is 15.8. The van der Waals surface area contributed by atoms with Crippen LogP contribution < -0.4 is 5.32 Å². The Kier molecular flexibility index (Phi) is 9.06. The van der Waals surface area contributed by atoms with E-state index in [2.05, 4.69) is 38.0 Å². The Balaban J connectivity index is 4.60. The highest BCUT2D eigenvalue weighted by Gasteiger charge is 2.36. The second-order valence-electron chi connectivity index (χ2n) is 6.30. The van der Waals surface area contributed by atoms with Gasteiger partial charge in [-0.1, -0.05) is 20.8 Å². The van der Waals surface area contributed by atoms with Crippen molar-refractivity contribution in [3.63, 3.8) is 0 Å². The summed E-state index contributed by atoms with van der Waals surface area (Å²) in [5.74, 6) is 0.556. The summed E-state index contributed by atoms with van der Waals surface area (Å²) in [6, 6.07) is 0.335. The van der Waals surface area contributed by atoms with Crippen molar-refractivity contribution in [2.75, 3.05) is 26.7 Å². The molecular formula is C16H34N2O2. The van der Waals surface area contributed by atoms with Gasteiger partial charge in [0.05, 0.1) is 6.61 Å². The van der Waals surface area contributed by atoms with Gasteiger partial charge in [-0.05, 0) is 59.7 Å². The van der Waals surface area contributed by atoms with Crippen molar-refractivity contribution in [3.05, 3.63) is 0 Å². The standard InChI is InChI=1S/C16H34N2O2/c1-8-17-16(6,15(19)20-9-2)12-14(5)18(7)11-10-13(3)4/h13-14,17H,8-12H2,1-7H3. The van der Waals surface area contributed by atoms with E-state index in [0.717, 1.165) is 19.5 Å². The normalized spacial score (nSPS) is 16.2. The summed E-state index contributed by atoms with van der Waals surface area (Å²) < 4.78 is 5.22. The predicted octanol–water partition coefficient (Wildman–Crippen LogP) is 2.67. The second-order valence-corrected chi connectivity index (χ2v) is 6.30. The zero-order valence-electron chi connectivity index (χ0n) is 14.5. The van der Waals surface area contributed by atoms with Gasteiger partial charge in [-0.15, -0.1) is 0 Å². The van der Waals surface area contributed by atoms with E-state index in [0.29, 0.717) is 18.6 Å². The Morgan fingerprint density at radius 3 is 2.35 bits per heavy atom. The van der Waals surface area contributed by atoms with Gasteiger partial charge in [0.1, 0.15) is 5.54 Å². The number of nitrogens with zero attached hydrogens (tertiary/aromatic N) is 1. The molecule has 4 nitrogen and oxygen atoms in total. The SMILES string of the molecule is CCNC(C)(CC(C)N(C)CCC(C)C)C(=O)OCC. The van der Waals surface area contributed by atoms with Crippen LogP contribution in [0, 0.1) is 5.92 Å². The lowest BCUT2D eigenvalue weighted by Gasteiger charge is -2.34. The smallest absolute Gasteiger partial charge is 0.326 e. The topological polar surface area (TPSA) is 41.6 Å². The van der Waals surface area contributed by atoms with E-state index in [-0.39, 0.29) is 5.97 Å². The predicted molar refractivity (Wildman–Crippen MR) is 84.9 cm³/mol. The average Bonchev–Trinajstić information content (AvgIpc) is 2.36. The van der Waals surface area contributed by atoms with Crippen molar-refractivity contribution in [2.24, 2.45) is 5.92 Å². The molecule has 0 aromatic rings. The van der Waals surface area contributed by atoms with Crippen LogP contribution in [-0.4, -0.2) is 49.2 Å². The first kappa shape index (κ1) is 19.4. The maximum Gasteiger partial charge on any atom is 0.326 e. The minimum absolute atomic E-state index is 0.147. The Morgan fingerprint density at radius 2 is 1.90 bits per heavy atom. The van der Waals surface area contributed by atoms with Crippen LogP contribution in [0.5, 0.6) is 0 Å². The lowest BCUT2D eigenvalue weighted by molar-refractivity contribution is -0.151. The van der Waals surface area contributed by atoms with E-state index in [9.17, 15) is 4.79 Å². The third-order valence-electron chi connectivity index (χ3n) is 3.81. The molecule has 2 atom stereocenters. The summed E-state index contributed by atoms with van der Waals surface area (Å²) in [6.45, 7) is 14.7. The van der Waals surface area contributed by atoms with Gasteiger partial charge >= 0.3 is 5.97 Å². The number of hydrogen-bond donors (Lipinski definition) is 1. The molecule has 0 saturated carbocycles. The van der Waals surface area contributed by atoms with Crippen molar-refractivity contribution >= 4 is 5.97 Å². The van der Waals surface area contributed by atoms with Gasteiger partial charge in [0.15, 0.2) is 0 Å². The highest BCUT2D eigenvalue weighted by molar-refractivity contribution is 5.80. The number of carbonyl (C=O) groups is 1. The molecule has 0 heterocycles. The molecule has 0 radical (unpaired) electrons. The molecule has 0 fully saturated rings. The molecule has 4 heteroatoms. The van der Waals surface area contributed by atoms with Gasteiger partial charge in [-0.25, -0.2) is 0 Å². The first-order chi connectivity index (χ1) is 9.26. The highest BCUT2D eigenvalue weighted by atomic mass is 16.5. The first-order valence-corrected chi connectivity index (χ1v) is 7.89. The van der Waals surface area contributed by atoms with Gasteiger partial charge in [0.25, 0.3) is 0 Å². The molecule has 0 spiro atoms. The third-order valence-corrected chi connectivity index (χ3v) is 3.81. The Bertz CT molecular complexity index is 282. The number of hydrogen-bond acceptors (Lipinski definition) is 4. The van der Waals surface area contributed by atoms with Gasteiger partial charge in [0.2, 0.25) is 0 Å². The van der Waals surface area contributed by atoms with Crippen molar-refractivity contribution < 1.29 is 9.53 Å². The van der Waals surface area contributed by atoms with Crippen molar-refractivity contribution in [1.82, 2.24) is 10.2 Å². The maximum atomic E-state index is 12.2. The first-order valence-electron chi connectivity index (χ1n) is 7.89. The maximum absolute atomic E-state index is 12.2. The van der Waals surface area contributed by atoms with E-state index in [1.807, 2.05) is 20.8 Å². The van der Waals surface area contributed by atoms with E-state index < -0.39 is 5.54 Å². The van der Waals surface area contributed by atoms with Gasteiger partial charge < -0.3 is 15.0 Å². The molecule has 0 rings (SSSR count). The lowest BCUT2D eigenvalue weighted by Crippen LogP contribution is -2.54. The fraction of sp³-hybridized carbons (Fsp3) is 0.938. The molecule has 20 heavy (non-hydrogen) atoms. The van der Waals surface area contributed by atoms with Gasteiger partial charge in [0, 0.05) is 6.04 Å². The number of esters is 1. The van der Waals surface area contributed by atoms with Crippen LogP contribution in [0.1, 0.15) is 54.4 Å². The number of likely N-dealkylation sites (N-methyl/N-ethyl adjacent to an activating group) is 1. The Morgan fingerprint density at radius 1 is 1.30 bits per heavy atom. The van der Waals surface area contributed by atoms with Crippen molar-refractivity contribution in [3.8, 4) is 0 Å². The molecule has 0 aliphatic heterocycles. The molecule has 2 unspecified atom stereocenters. The van der Waals surface area contributed by atoms with Crippen LogP contribution in [0.3, 0.4) is 0 Å². The summed E-state index contributed by atoms with van der Waals surface area (Å²) in [4.78, 5) is 14.5. The molecule has 0 saturated heterocycles. The monoisotopic (exact) mass is 286 g/mol. The Hall–Kier alpha value is -0.610. The molecule has 0 amide bonds. The Labute approximate surface area is 125 Å². The van der Waals surface area contributed by atoms with E-state index in [4.69, 9.17) is 4.74 Å². The van der Waals surface area contributed by atoms with Crippen LogP contribution in [0.2, 0.25) is 0 Å². The van der Waals surface area contributed by atoms with Crippen LogP contribution in [0.15, 0.2) is 0 Å². The van der Waals surface area contributed by atoms with Crippen LogP contribution in [0.25, 0.3) is 0 Å². The number of rotatable bonds is 10. The van der Waals surface area contributed by atoms with E-state index >= 15 is 0 Å². The van der Waals surface area contributed by atoms with Crippen LogP contribution in [0.4, 0.5) is 0 Å². The molecular weight excluding hydrogens is 252 g/mol. The van der Waals surface area contributed by atoms with Crippen molar-refractivity contribution in [2.45, 2.75) is 66.0 Å². The minimum atomic E-state index is -0.601. The second kappa shape index (κ2) is 9.35. The summed E-state index contributed by atoms with van der Waals surface area (Å²) >= 11 is 0. The average molecular weight is 286 g/mol. The largest absolute Gasteiger partial charge is 0.465 e. The molecule has 0 aliphatic carbocycles. The number of ether oxygens (including phenoxy) is 1. The number of carbonyl (C=O) groups excluding carboxylic acids is 1. The molecule has 120 valence electrons. The molecule has 0 aromatic heterocycles. The third kappa shape index (κ3) is 6.71. The fourth-order valence-corrected chi connectivity index (χ4v) is 2.34. The van der Waals surface area contributed by atoms with Crippen LogP contribution >= 0.6 is 0 Å². The minimum Gasteiger partial charge on any atom is -0.465 e. The summed E-state index contributed by atoms with van der Waals surface area (Å²) in [5, 5.41) is 3.29. The fourth-order valence-electron chi connectivity index (χ4n) is 2.34. The highest BCUT2D eigenvalue weighted by Crippen LogP contribution is 2.18. The van der Waals surface area contributed by atoms with Crippen LogP contribution in [-0.2, 0) is 9.53 Å². The summed E-state index contributed by atoms with van der Waals surface area (Å²) in [5.41, 5.74) is -0.601. The molecule has 0 aromatic carbocycles. The molecule has 0 aliphatic rings. The zero-order valence-corrected chi connectivity index (χ0v) is 14.5. The number of nitrogens with one attached hydrogen (secondary N) is 1. The quantitative estimate of drug-likeness (QED) is 0.627. The van der Waals surface area contributed by atoms with E-state index in [1.165, 1.54) is 6.42 Å². The molecule has 0 bridgehead atoms. The molecule has 1 N–H and O–H groups in total. The van der Waals surface area contributed by atoms with Gasteiger partial charge in [-0.2, -0.15) is 0 Å².